The normalized spacial score (nSPS) is 18.3. The van der Waals surface area contributed by atoms with Crippen LogP contribution in [0.25, 0.3) is 16.8 Å². The molecule has 1 aliphatic heterocycles. The van der Waals surface area contributed by atoms with Gasteiger partial charge in [-0.1, -0.05) is 56.2 Å². The molecule has 3 nitrogen and oxygen atoms in total. The largest absolute Gasteiger partial charge is 0.287 e. The summed E-state index contributed by atoms with van der Waals surface area (Å²) in [4.78, 5) is 12.2. The van der Waals surface area contributed by atoms with Gasteiger partial charge in [0, 0.05) is 5.57 Å². The minimum atomic E-state index is -0.365. The molecule has 1 heterocycles. The number of fused-ring (bicyclic) bond motifs is 1. The highest BCUT2D eigenvalue weighted by atomic mass is 16.2. The lowest BCUT2D eigenvalue weighted by atomic mass is 9.90. The summed E-state index contributed by atoms with van der Waals surface area (Å²) < 4.78 is 0. The smallest absolute Gasteiger partial charge is 0.263 e. The molecule has 0 aromatic heterocycles. The van der Waals surface area contributed by atoms with Crippen LogP contribution in [0.5, 0.6) is 0 Å². The van der Waals surface area contributed by atoms with Crippen molar-refractivity contribution in [3.63, 3.8) is 0 Å². The van der Waals surface area contributed by atoms with E-state index in [9.17, 15) is 4.79 Å². The van der Waals surface area contributed by atoms with Crippen molar-refractivity contribution in [1.82, 2.24) is 10.9 Å². The van der Waals surface area contributed by atoms with E-state index >= 15 is 0 Å². The highest BCUT2D eigenvalue weighted by molar-refractivity contribution is 6.04. The second-order valence-corrected chi connectivity index (χ2v) is 7.08. The molecule has 0 spiro atoms. The number of carbonyl (C=O) groups is 1. The number of unbranched alkanes of at least 4 members (excludes halogenated alkanes) is 2. The Morgan fingerprint density at radius 2 is 1.83 bits per heavy atom. The number of benzene rings is 2. The summed E-state index contributed by atoms with van der Waals surface area (Å²) >= 11 is 0. The molecule has 0 unspecified atom stereocenters. The average Bonchev–Trinajstić information content (AvgIpc) is 2.82. The van der Waals surface area contributed by atoms with Gasteiger partial charge in [0.1, 0.15) is 0 Å². The first-order valence-electron chi connectivity index (χ1n) is 8.83. The van der Waals surface area contributed by atoms with E-state index in [0.29, 0.717) is 0 Å². The van der Waals surface area contributed by atoms with Crippen LogP contribution in [0, 0.1) is 0 Å². The Labute approximate surface area is 144 Å². The van der Waals surface area contributed by atoms with Crippen molar-refractivity contribution in [2.75, 3.05) is 0 Å². The van der Waals surface area contributed by atoms with Gasteiger partial charge >= 0.3 is 0 Å². The maximum absolute atomic E-state index is 12.2. The topological polar surface area (TPSA) is 41.1 Å². The first kappa shape index (κ1) is 16.7. The fourth-order valence-corrected chi connectivity index (χ4v) is 3.38. The van der Waals surface area contributed by atoms with Crippen LogP contribution in [-0.4, -0.2) is 11.4 Å². The molecular formula is C21H26N2O. The molecule has 1 fully saturated rings. The third kappa shape index (κ3) is 3.22. The van der Waals surface area contributed by atoms with E-state index in [2.05, 4.69) is 54.2 Å². The zero-order chi connectivity index (χ0) is 17.2. The van der Waals surface area contributed by atoms with Gasteiger partial charge in [0.05, 0.1) is 5.54 Å². The Hall–Kier alpha value is -2.13. The minimum absolute atomic E-state index is 0.0412. The number of nitrogens with one attached hydrogen (secondary N) is 2. The molecule has 2 aromatic rings. The van der Waals surface area contributed by atoms with Crippen LogP contribution < -0.4 is 10.9 Å². The summed E-state index contributed by atoms with van der Waals surface area (Å²) in [5.41, 5.74) is 8.69. The van der Waals surface area contributed by atoms with Gasteiger partial charge in [0.2, 0.25) is 0 Å². The van der Waals surface area contributed by atoms with E-state index in [1.165, 1.54) is 35.6 Å². The third-order valence-electron chi connectivity index (χ3n) is 4.78. The lowest BCUT2D eigenvalue weighted by molar-refractivity contribution is -0.116. The number of rotatable bonds is 5. The van der Waals surface area contributed by atoms with Gasteiger partial charge in [-0.15, -0.1) is 0 Å². The molecule has 0 aliphatic carbocycles. The molecule has 0 atom stereocenters. The average molecular weight is 322 g/mol. The van der Waals surface area contributed by atoms with Crippen LogP contribution in [0.15, 0.2) is 42.0 Å². The van der Waals surface area contributed by atoms with Gasteiger partial charge in [0.25, 0.3) is 5.91 Å². The van der Waals surface area contributed by atoms with Crippen LogP contribution in [0.4, 0.5) is 0 Å². The minimum Gasteiger partial charge on any atom is -0.287 e. The summed E-state index contributed by atoms with van der Waals surface area (Å²) in [6.07, 6.45) is 6.80. The van der Waals surface area contributed by atoms with E-state index in [4.69, 9.17) is 0 Å². The lowest BCUT2D eigenvalue weighted by Crippen LogP contribution is -2.38. The van der Waals surface area contributed by atoms with E-state index in [1.807, 2.05) is 19.9 Å². The number of aryl methyl sites for hydroxylation is 1. The second kappa shape index (κ2) is 6.78. The highest BCUT2D eigenvalue weighted by Crippen LogP contribution is 2.29. The number of hydrogen-bond donors (Lipinski definition) is 2. The first-order chi connectivity index (χ1) is 11.5. The van der Waals surface area contributed by atoms with Crippen molar-refractivity contribution >= 4 is 22.8 Å². The SMILES string of the molecule is CCCCCc1cccc2cccc(/C=C3\C(=O)NNC3(C)C)c12. The number of hydrogen-bond acceptors (Lipinski definition) is 2. The van der Waals surface area contributed by atoms with E-state index in [0.717, 1.165) is 17.6 Å². The quantitative estimate of drug-likeness (QED) is 0.634. The van der Waals surface area contributed by atoms with E-state index in [1.54, 1.807) is 0 Å². The van der Waals surface area contributed by atoms with Gasteiger partial charge in [-0.3, -0.25) is 10.2 Å². The summed E-state index contributed by atoms with van der Waals surface area (Å²) in [5, 5.41) is 2.52. The Morgan fingerprint density at radius 3 is 2.50 bits per heavy atom. The second-order valence-electron chi connectivity index (χ2n) is 7.08. The maximum Gasteiger partial charge on any atom is 0.263 e. The summed E-state index contributed by atoms with van der Waals surface area (Å²) in [5.74, 6) is -0.0412. The number of amides is 1. The van der Waals surface area contributed by atoms with Crippen molar-refractivity contribution in [1.29, 1.82) is 0 Å². The summed E-state index contributed by atoms with van der Waals surface area (Å²) in [7, 11) is 0. The fourth-order valence-electron chi connectivity index (χ4n) is 3.38. The molecule has 2 aromatic carbocycles. The zero-order valence-corrected chi connectivity index (χ0v) is 14.8. The van der Waals surface area contributed by atoms with Gasteiger partial charge in [-0.05, 0) is 54.7 Å². The molecule has 3 heteroatoms. The van der Waals surface area contributed by atoms with Crippen LogP contribution in [0.1, 0.15) is 51.2 Å². The molecule has 3 rings (SSSR count). The fraction of sp³-hybridized carbons (Fsp3) is 0.381. The van der Waals surface area contributed by atoms with Crippen LogP contribution in [0.3, 0.4) is 0 Å². The van der Waals surface area contributed by atoms with Crippen molar-refractivity contribution < 1.29 is 4.79 Å². The zero-order valence-electron chi connectivity index (χ0n) is 14.8. The van der Waals surface area contributed by atoms with E-state index < -0.39 is 0 Å². The van der Waals surface area contributed by atoms with Crippen LogP contribution in [-0.2, 0) is 11.2 Å². The molecule has 1 saturated heterocycles. The predicted octanol–water partition coefficient (Wildman–Crippen LogP) is 4.37. The summed E-state index contributed by atoms with van der Waals surface area (Å²) in [6.45, 7) is 6.26. The molecule has 0 saturated carbocycles. The van der Waals surface area contributed by atoms with Crippen LogP contribution >= 0.6 is 0 Å². The molecule has 1 amide bonds. The van der Waals surface area contributed by atoms with Gasteiger partial charge in [0.15, 0.2) is 0 Å². The molecule has 2 N–H and O–H groups in total. The van der Waals surface area contributed by atoms with Crippen molar-refractivity contribution in [2.24, 2.45) is 0 Å². The molecule has 0 radical (unpaired) electrons. The third-order valence-corrected chi connectivity index (χ3v) is 4.78. The molecular weight excluding hydrogens is 296 g/mol. The highest BCUT2D eigenvalue weighted by Gasteiger charge is 2.35. The number of hydrazine groups is 1. The molecule has 24 heavy (non-hydrogen) atoms. The van der Waals surface area contributed by atoms with Crippen molar-refractivity contribution in [3.8, 4) is 0 Å². The van der Waals surface area contributed by atoms with Crippen molar-refractivity contribution in [3.05, 3.63) is 53.1 Å². The van der Waals surface area contributed by atoms with Crippen LogP contribution in [0.2, 0.25) is 0 Å². The van der Waals surface area contributed by atoms with Gasteiger partial charge < -0.3 is 0 Å². The Bertz CT molecular complexity index is 784. The maximum atomic E-state index is 12.2. The van der Waals surface area contributed by atoms with Gasteiger partial charge in [-0.2, -0.15) is 0 Å². The molecule has 0 bridgehead atoms. The van der Waals surface area contributed by atoms with E-state index in [-0.39, 0.29) is 11.4 Å². The number of carbonyl (C=O) groups excluding carboxylic acids is 1. The standard InChI is InChI=1S/C21H26N2O/c1-4-5-6-9-15-10-7-11-16-12-8-13-17(19(15)16)14-18-20(24)22-23-21(18,2)3/h7-8,10-14,23H,4-6,9H2,1-3H3,(H,22,24)/b18-14+. The van der Waals surface area contributed by atoms with Crippen molar-refractivity contribution in [2.45, 2.75) is 52.0 Å². The Kier molecular flexibility index (Phi) is 4.72. The lowest BCUT2D eigenvalue weighted by Gasteiger charge is -2.17. The van der Waals surface area contributed by atoms with Gasteiger partial charge in [-0.25, -0.2) is 5.43 Å². The summed E-state index contributed by atoms with van der Waals surface area (Å²) in [6, 6.07) is 12.8. The Balaban J connectivity index is 2.09. The Morgan fingerprint density at radius 1 is 1.08 bits per heavy atom. The molecule has 126 valence electrons. The predicted molar refractivity (Wildman–Crippen MR) is 101 cm³/mol. The monoisotopic (exact) mass is 322 g/mol. The molecule has 1 aliphatic rings. The first-order valence-corrected chi connectivity index (χ1v) is 8.83.